The summed E-state index contributed by atoms with van der Waals surface area (Å²) in [5.41, 5.74) is 8.52. The number of benzene rings is 2. The Labute approximate surface area is 131 Å². The molecule has 0 saturated carbocycles. The topological polar surface area (TPSA) is 64.3 Å². The van der Waals surface area contributed by atoms with E-state index in [1.54, 1.807) is 0 Å². The maximum absolute atomic E-state index is 11.8. The minimum atomic E-state index is -0.00233. The van der Waals surface area contributed by atoms with Gasteiger partial charge in [0.05, 0.1) is 6.61 Å². The summed E-state index contributed by atoms with van der Waals surface area (Å²) in [6.07, 6.45) is 1.15. The Morgan fingerprint density at radius 2 is 1.82 bits per heavy atom. The first-order valence-corrected chi connectivity index (χ1v) is 7.48. The highest BCUT2D eigenvalue weighted by Crippen LogP contribution is 2.11. The molecule has 0 atom stereocenters. The molecule has 2 aromatic carbocycles. The lowest BCUT2D eigenvalue weighted by molar-refractivity contribution is -0.116. The molecule has 0 aliphatic carbocycles. The van der Waals surface area contributed by atoms with Crippen molar-refractivity contribution in [1.29, 1.82) is 0 Å². The van der Waals surface area contributed by atoms with E-state index in [0.717, 1.165) is 16.8 Å². The summed E-state index contributed by atoms with van der Waals surface area (Å²) in [4.78, 5) is 11.8. The zero-order chi connectivity index (χ0) is 15.6. The number of carbonyl (C=O) groups excluding carboxylic acids is 1. The summed E-state index contributed by atoms with van der Waals surface area (Å²) in [6, 6.07) is 17.6. The molecule has 0 heterocycles. The zero-order valence-electron chi connectivity index (χ0n) is 12.6. The monoisotopic (exact) mass is 298 g/mol. The van der Waals surface area contributed by atoms with Crippen molar-refractivity contribution in [3.63, 3.8) is 0 Å². The molecule has 0 bridgehead atoms. The molecule has 3 N–H and O–H groups in total. The van der Waals surface area contributed by atoms with Crippen molar-refractivity contribution in [2.45, 2.75) is 26.0 Å². The van der Waals surface area contributed by atoms with Crippen LogP contribution in [0.15, 0.2) is 54.6 Å². The molecule has 116 valence electrons. The van der Waals surface area contributed by atoms with Crippen LogP contribution < -0.4 is 11.1 Å². The van der Waals surface area contributed by atoms with Crippen molar-refractivity contribution < 1.29 is 9.53 Å². The fourth-order valence-electron chi connectivity index (χ4n) is 2.10. The Balaban J connectivity index is 1.63. The van der Waals surface area contributed by atoms with Crippen molar-refractivity contribution in [3.8, 4) is 0 Å². The van der Waals surface area contributed by atoms with E-state index in [1.807, 2.05) is 54.6 Å². The standard InChI is InChI=1S/C18H22N2O2/c19-13-16-8-4-9-17(12-16)20-18(21)10-5-11-22-14-15-6-2-1-3-7-15/h1-4,6-9,12H,5,10-11,13-14,19H2,(H,20,21). The van der Waals surface area contributed by atoms with E-state index < -0.39 is 0 Å². The van der Waals surface area contributed by atoms with Crippen LogP contribution in [0.2, 0.25) is 0 Å². The number of nitrogens with one attached hydrogen (secondary N) is 1. The number of ether oxygens (including phenoxy) is 1. The molecule has 0 aromatic heterocycles. The molecule has 2 rings (SSSR count). The predicted molar refractivity (Wildman–Crippen MR) is 88.3 cm³/mol. The van der Waals surface area contributed by atoms with Gasteiger partial charge in [-0.05, 0) is 29.7 Å². The summed E-state index contributed by atoms with van der Waals surface area (Å²) in [5, 5.41) is 2.88. The molecule has 0 aliphatic rings. The summed E-state index contributed by atoms with van der Waals surface area (Å²) < 4.78 is 5.56. The summed E-state index contributed by atoms with van der Waals surface area (Å²) >= 11 is 0. The van der Waals surface area contributed by atoms with Gasteiger partial charge in [0.25, 0.3) is 0 Å². The van der Waals surface area contributed by atoms with Crippen LogP contribution in [0.25, 0.3) is 0 Å². The number of hydrogen-bond donors (Lipinski definition) is 2. The Morgan fingerprint density at radius 3 is 2.59 bits per heavy atom. The van der Waals surface area contributed by atoms with Gasteiger partial charge in [0.15, 0.2) is 0 Å². The zero-order valence-corrected chi connectivity index (χ0v) is 12.6. The molecule has 0 spiro atoms. The molecule has 4 nitrogen and oxygen atoms in total. The molecule has 0 radical (unpaired) electrons. The quantitative estimate of drug-likeness (QED) is 0.736. The molecule has 4 heteroatoms. The second-order valence-electron chi connectivity index (χ2n) is 5.09. The lowest BCUT2D eigenvalue weighted by atomic mass is 10.2. The number of amides is 1. The molecule has 22 heavy (non-hydrogen) atoms. The van der Waals surface area contributed by atoms with Crippen LogP contribution in [0.3, 0.4) is 0 Å². The van der Waals surface area contributed by atoms with Crippen LogP contribution >= 0.6 is 0 Å². The fraction of sp³-hybridized carbons (Fsp3) is 0.278. The number of anilines is 1. The van der Waals surface area contributed by atoms with E-state index in [1.165, 1.54) is 0 Å². The third kappa shape index (κ3) is 5.68. The first kappa shape index (κ1) is 16.2. The number of nitrogens with two attached hydrogens (primary N) is 1. The van der Waals surface area contributed by atoms with Crippen LogP contribution in [0.4, 0.5) is 5.69 Å². The average Bonchev–Trinajstić information content (AvgIpc) is 2.55. The number of hydrogen-bond acceptors (Lipinski definition) is 3. The van der Waals surface area contributed by atoms with E-state index >= 15 is 0 Å². The number of rotatable bonds is 8. The van der Waals surface area contributed by atoms with Crippen LogP contribution in [0, 0.1) is 0 Å². The Kier molecular flexibility index (Phi) is 6.61. The van der Waals surface area contributed by atoms with Crippen LogP contribution in [-0.2, 0) is 22.7 Å². The van der Waals surface area contributed by atoms with E-state index in [9.17, 15) is 4.79 Å². The second-order valence-corrected chi connectivity index (χ2v) is 5.09. The summed E-state index contributed by atoms with van der Waals surface area (Å²) in [6.45, 7) is 1.63. The predicted octanol–water partition coefficient (Wildman–Crippen LogP) is 3.08. The molecule has 2 aromatic rings. The fourth-order valence-corrected chi connectivity index (χ4v) is 2.10. The largest absolute Gasteiger partial charge is 0.377 e. The van der Waals surface area contributed by atoms with Crippen molar-refractivity contribution in [2.75, 3.05) is 11.9 Å². The van der Waals surface area contributed by atoms with E-state index in [2.05, 4.69) is 5.32 Å². The Bertz CT molecular complexity index is 585. The minimum absolute atomic E-state index is 0.00233. The van der Waals surface area contributed by atoms with Gasteiger partial charge in [0.2, 0.25) is 5.91 Å². The van der Waals surface area contributed by atoms with Gasteiger partial charge < -0.3 is 15.8 Å². The van der Waals surface area contributed by atoms with Gasteiger partial charge in [-0.1, -0.05) is 42.5 Å². The van der Waals surface area contributed by atoms with E-state index in [-0.39, 0.29) is 5.91 Å². The summed E-state index contributed by atoms with van der Waals surface area (Å²) in [5.74, 6) is -0.00233. The SMILES string of the molecule is NCc1cccc(NC(=O)CCCOCc2ccccc2)c1. The number of carbonyl (C=O) groups is 1. The van der Waals surface area contributed by atoms with Crippen molar-refractivity contribution in [3.05, 3.63) is 65.7 Å². The van der Waals surface area contributed by atoms with Crippen LogP contribution in [0.5, 0.6) is 0 Å². The van der Waals surface area contributed by atoms with Gasteiger partial charge >= 0.3 is 0 Å². The average molecular weight is 298 g/mol. The van der Waals surface area contributed by atoms with Gasteiger partial charge in [0.1, 0.15) is 0 Å². The van der Waals surface area contributed by atoms with Crippen molar-refractivity contribution in [1.82, 2.24) is 0 Å². The second kappa shape index (κ2) is 8.97. The van der Waals surface area contributed by atoms with E-state index in [0.29, 0.717) is 32.6 Å². The molecule has 0 fully saturated rings. The molecule has 0 aliphatic heterocycles. The molecule has 1 amide bonds. The summed E-state index contributed by atoms with van der Waals surface area (Å²) in [7, 11) is 0. The normalized spacial score (nSPS) is 10.4. The van der Waals surface area contributed by atoms with Crippen molar-refractivity contribution in [2.24, 2.45) is 5.73 Å². The highest BCUT2D eigenvalue weighted by Gasteiger charge is 2.03. The van der Waals surface area contributed by atoms with E-state index in [4.69, 9.17) is 10.5 Å². The van der Waals surface area contributed by atoms with Gasteiger partial charge in [-0.15, -0.1) is 0 Å². The first-order chi connectivity index (χ1) is 10.8. The van der Waals surface area contributed by atoms with Gasteiger partial charge in [-0.25, -0.2) is 0 Å². The third-order valence-electron chi connectivity index (χ3n) is 3.25. The Hall–Kier alpha value is -2.17. The Morgan fingerprint density at radius 1 is 1.05 bits per heavy atom. The van der Waals surface area contributed by atoms with Crippen molar-refractivity contribution >= 4 is 11.6 Å². The van der Waals surface area contributed by atoms with Crippen LogP contribution in [0.1, 0.15) is 24.0 Å². The first-order valence-electron chi connectivity index (χ1n) is 7.48. The van der Waals surface area contributed by atoms with Gasteiger partial charge in [-0.2, -0.15) is 0 Å². The maximum atomic E-state index is 11.8. The maximum Gasteiger partial charge on any atom is 0.224 e. The molecular weight excluding hydrogens is 276 g/mol. The highest BCUT2D eigenvalue weighted by atomic mass is 16.5. The third-order valence-corrected chi connectivity index (χ3v) is 3.25. The highest BCUT2D eigenvalue weighted by molar-refractivity contribution is 5.90. The van der Waals surface area contributed by atoms with Crippen LogP contribution in [-0.4, -0.2) is 12.5 Å². The molecule has 0 saturated heterocycles. The lowest BCUT2D eigenvalue weighted by Gasteiger charge is -2.07. The van der Waals surface area contributed by atoms with Gasteiger partial charge in [-0.3, -0.25) is 4.79 Å². The van der Waals surface area contributed by atoms with Gasteiger partial charge in [0, 0.05) is 25.3 Å². The lowest BCUT2D eigenvalue weighted by Crippen LogP contribution is -2.12. The smallest absolute Gasteiger partial charge is 0.224 e. The minimum Gasteiger partial charge on any atom is -0.377 e. The molecular formula is C18H22N2O2. The molecule has 0 unspecified atom stereocenters.